The molecule has 0 bridgehead atoms. The second-order valence-electron chi connectivity index (χ2n) is 5.22. The molecule has 0 spiro atoms. The Hall–Kier alpha value is -2.34. The van der Waals surface area contributed by atoms with E-state index < -0.39 is 24.0 Å². The van der Waals surface area contributed by atoms with Crippen molar-refractivity contribution in [2.75, 3.05) is 14.2 Å². The molecule has 0 aromatic heterocycles. The fraction of sp³-hybridized carbons (Fsp3) is 0.412. The molecule has 0 saturated heterocycles. The first-order valence-corrected chi connectivity index (χ1v) is 7.33. The molecule has 6 nitrogen and oxygen atoms in total. The number of amides is 1. The average Bonchev–Trinajstić information content (AvgIpc) is 2.53. The Bertz CT molecular complexity index is 570. The average molecular weight is 320 g/mol. The summed E-state index contributed by atoms with van der Waals surface area (Å²) in [6.07, 6.45) is 2.72. The molecule has 0 heterocycles. The van der Waals surface area contributed by atoms with Crippen LogP contribution in [-0.4, -0.2) is 38.2 Å². The SMILES string of the molecule is C=CCc1cc(C[C@H](NC(=O)[C@H](C)N)C(=O)OC)ccc1OC. The van der Waals surface area contributed by atoms with Crippen molar-refractivity contribution in [2.45, 2.75) is 31.8 Å². The van der Waals surface area contributed by atoms with Crippen LogP contribution in [-0.2, 0) is 27.2 Å². The number of carbonyl (C=O) groups excluding carboxylic acids is 2. The highest BCUT2D eigenvalue weighted by atomic mass is 16.5. The summed E-state index contributed by atoms with van der Waals surface area (Å²) in [5.41, 5.74) is 7.37. The summed E-state index contributed by atoms with van der Waals surface area (Å²) in [6, 6.07) is 4.11. The predicted octanol–water partition coefficient (Wildman–Crippen LogP) is 0.971. The van der Waals surface area contributed by atoms with Gasteiger partial charge in [0.15, 0.2) is 0 Å². The van der Waals surface area contributed by atoms with Crippen LogP contribution in [0.2, 0.25) is 0 Å². The summed E-state index contributed by atoms with van der Waals surface area (Å²) >= 11 is 0. The third-order valence-corrected chi connectivity index (χ3v) is 3.36. The Balaban J connectivity index is 2.98. The van der Waals surface area contributed by atoms with Crippen LogP contribution in [0.3, 0.4) is 0 Å². The minimum absolute atomic E-state index is 0.305. The van der Waals surface area contributed by atoms with E-state index in [2.05, 4.69) is 11.9 Å². The highest BCUT2D eigenvalue weighted by molar-refractivity contribution is 5.87. The van der Waals surface area contributed by atoms with Crippen LogP contribution in [0.25, 0.3) is 0 Å². The van der Waals surface area contributed by atoms with Gasteiger partial charge in [-0.1, -0.05) is 18.2 Å². The molecule has 1 amide bonds. The number of nitrogens with one attached hydrogen (secondary N) is 1. The number of hydrogen-bond donors (Lipinski definition) is 2. The van der Waals surface area contributed by atoms with Gasteiger partial charge in [0.05, 0.1) is 20.3 Å². The Kier molecular flexibility index (Phi) is 7.28. The maximum atomic E-state index is 11.9. The molecule has 126 valence electrons. The number of esters is 1. The van der Waals surface area contributed by atoms with Crippen molar-refractivity contribution in [3.05, 3.63) is 42.0 Å². The van der Waals surface area contributed by atoms with Crippen LogP contribution in [0, 0.1) is 0 Å². The van der Waals surface area contributed by atoms with Crippen LogP contribution in [0.1, 0.15) is 18.1 Å². The molecule has 1 aromatic carbocycles. The fourth-order valence-corrected chi connectivity index (χ4v) is 2.15. The molecule has 23 heavy (non-hydrogen) atoms. The molecule has 1 rings (SSSR count). The molecule has 6 heteroatoms. The maximum absolute atomic E-state index is 11.9. The minimum Gasteiger partial charge on any atom is -0.496 e. The summed E-state index contributed by atoms with van der Waals surface area (Å²) < 4.78 is 10.0. The van der Waals surface area contributed by atoms with Gasteiger partial charge in [-0.25, -0.2) is 4.79 Å². The lowest BCUT2D eigenvalue weighted by Gasteiger charge is -2.18. The summed E-state index contributed by atoms with van der Waals surface area (Å²) in [5, 5.41) is 2.61. The first-order valence-electron chi connectivity index (χ1n) is 7.33. The number of ether oxygens (including phenoxy) is 2. The Labute approximate surface area is 136 Å². The number of hydrogen-bond acceptors (Lipinski definition) is 5. The molecule has 0 saturated carbocycles. The van der Waals surface area contributed by atoms with E-state index in [1.54, 1.807) is 20.1 Å². The van der Waals surface area contributed by atoms with Gasteiger partial charge in [0, 0.05) is 6.42 Å². The van der Waals surface area contributed by atoms with Crippen molar-refractivity contribution in [3.8, 4) is 5.75 Å². The van der Waals surface area contributed by atoms with Crippen LogP contribution in [0.4, 0.5) is 0 Å². The standard InChI is InChI=1S/C17H24N2O4/c1-5-6-13-9-12(7-8-15(13)22-3)10-14(17(21)23-4)19-16(20)11(2)18/h5,7-9,11,14H,1,6,10,18H2,2-4H3,(H,19,20)/t11-,14-/m0/s1. The number of rotatable bonds is 8. The number of methoxy groups -OCH3 is 2. The molecule has 0 aliphatic heterocycles. The van der Waals surface area contributed by atoms with Crippen molar-refractivity contribution in [1.29, 1.82) is 0 Å². The number of nitrogens with two attached hydrogens (primary N) is 1. The van der Waals surface area contributed by atoms with Gasteiger partial charge in [0.2, 0.25) is 5.91 Å². The summed E-state index contributed by atoms with van der Waals surface area (Å²) in [4.78, 5) is 23.6. The van der Waals surface area contributed by atoms with Crippen molar-refractivity contribution in [1.82, 2.24) is 5.32 Å². The first kappa shape index (κ1) is 18.7. The molecule has 1 aromatic rings. The molecule has 0 aliphatic carbocycles. The van der Waals surface area contributed by atoms with Gasteiger partial charge in [-0.15, -0.1) is 6.58 Å². The topological polar surface area (TPSA) is 90.7 Å². The van der Waals surface area contributed by atoms with E-state index in [0.29, 0.717) is 12.8 Å². The fourth-order valence-electron chi connectivity index (χ4n) is 2.15. The van der Waals surface area contributed by atoms with E-state index in [1.165, 1.54) is 7.11 Å². The number of benzene rings is 1. The molecular weight excluding hydrogens is 296 g/mol. The second kappa shape index (κ2) is 8.95. The van der Waals surface area contributed by atoms with E-state index in [-0.39, 0.29) is 0 Å². The first-order chi connectivity index (χ1) is 10.9. The number of allylic oxidation sites excluding steroid dienone is 1. The zero-order valence-corrected chi connectivity index (χ0v) is 13.8. The van der Waals surface area contributed by atoms with Gasteiger partial charge in [-0.3, -0.25) is 4.79 Å². The lowest BCUT2D eigenvalue weighted by molar-refractivity contribution is -0.145. The smallest absolute Gasteiger partial charge is 0.328 e. The summed E-state index contributed by atoms with van der Waals surface area (Å²) in [6.45, 7) is 5.28. The van der Waals surface area contributed by atoms with E-state index >= 15 is 0 Å². The van der Waals surface area contributed by atoms with Gasteiger partial charge in [-0.05, 0) is 30.5 Å². The van der Waals surface area contributed by atoms with Gasteiger partial charge < -0.3 is 20.5 Å². The van der Waals surface area contributed by atoms with Crippen molar-refractivity contribution in [3.63, 3.8) is 0 Å². The zero-order valence-electron chi connectivity index (χ0n) is 13.8. The monoisotopic (exact) mass is 320 g/mol. The van der Waals surface area contributed by atoms with E-state index in [9.17, 15) is 9.59 Å². The van der Waals surface area contributed by atoms with Gasteiger partial charge >= 0.3 is 5.97 Å². The summed E-state index contributed by atoms with van der Waals surface area (Å²) in [5.74, 6) is -0.164. The second-order valence-corrected chi connectivity index (χ2v) is 5.22. The van der Waals surface area contributed by atoms with Crippen molar-refractivity contribution in [2.24, 2.45) is 5.73 Å². The maximum Gasteiger partial charge on any atom is 0.328 e. The Morgan fingerprint density at radius 1 is 1.39 bits per heavy atom. The lowest BCUT2D eigenvalue weighted by Crippen LogP contribution is -2.48. The van der Waals surface area contributed by atoms with E-state index in [0.717, 1.165) is 16.9 Å². The molecule has 2 atom stereocenters. The molecule has 0 aliphatic rings. The third kappa shape index (κ3) is 5.41. The van der Waals surface area contributed by atoms with Crippen LogP contribution in [0.15, 0.2) is 30.9 Å². The lowest BCUT2D eigenvalue weighted by atomic mass is 10.0. The zero-order chi connectivity index (χ0) is 17.4. The molecular formula is C17H24N2O4. The highest BCUT2D eigenvalue weighted by Crippen LogP contribution is 2.21. The van der Waals surface area contributed by atoms with Gasteiger partial charge in [0.1, 0.15) is 11.8 Å². The van der Waals surface area contributed by atoms with Crippen molar-refractivity contribution >= 4 is 11.9 Å². The molecule has 0 unspecified atom stereocenters. The van der Waals surface area contributed by atoms with E-state index in [4.69, 9.17) is 15.2 Å². The largest absolute Gasteiger partial charge is 0.496 e. The van der Waals surface area contributed by atoms with Crippen LogP contribution in [0.5, 0.6) is 5.75 Å². The Morgan fingerprint density at radius 2 is 2.09 bits per heavy atom. The molecule has 3 N–H and O–H groups in total. The van der Waals surface area contributed by atoms with Crippen molar-refractivity contribution < 1.29 is 19.1 Å². The van der Waals surface area contributed by atoms with Crippen LogP contribution < -0.4 is 15.8 Å². The van der Waals surface area contributed by atoms with E-state index in [1.807, 2.05) is 18.2 Å². The summed E-state index contributed by atoms with van der Waals surface area (Å²) in [7, 11) is 2.88. The van der Waals surface area contributed by atoms with Gasteiger partial charge in [-0.2, -0.15) is 0 Å². The quantitative estimate of drug-likeness (QED) is 0.550. The highest BCUT2D eigenvalue weighted by Gasteiger charge is 2.23. The van der Waals surface area contributed by atoms with Crippen LogP contribution >= 0.6 is 0 Å². The molecule has 0 fully saturated rings. The third-order valence-electron chi connectivity index (χ3n) is 3.36. The Morgan fingerprint density at radius 3 is 2.61 bits per heavy atom. The van der Waals surface area contributed by atoms with Gasteiger partial charge in [0.25, 0.3) is 0 Å². The predicted molar refractivity (Wildman–Crippen MR) is 88.2 cm³/mol. The number of carbonyl (C=O) groups is 2. The normalized spacial score (nSPS) is 12.9. The minimum atomic E-state index is -0.788. The molecule has 0 radical (unpaired) electrons.